The highest BCUT2D eigenvalue weighted by Gasteiger charge is 2.28. The van der Waals surface area contributed by atoms with Crippen LogP contribution >= 0.6 is 11.3 Å². The molecule has 5 rings (SSSR count). The third-order valence-electron chi connectivity index (χ3n) is 5.71. The number of carbonyl (C=O) groups is 2. The number of ketones is 1. The summed E-state index contributed by atoms with van der Waals surface area (Å²) in [5, 5.41) is 12.0. The molecular weight excluding hydrogens is 453 g/mol. The van der Waals surface area contributed by atoms with Gasteiger partial charge >= 0.3 is 0 Å². The average Bonchev–Trinajstić information content (AvgIpc) is 3.48. The summed E-state index contributed by atoms with van der Waals surface area (Å²) in [4.78, 5) is 35.9. The number of aromatic amines is 1. The lowest BCUT2D eigenvalue weighted by Crippen LogP contribution is -2.32. The molecule has 1 amide bonds. The number of nitrogens with zero attached hydrogens (tertiary/aromatic N) is 3. The maximum absolute atomic E-state index is 14.3. The first kappa shape index (κ1) is 21.6. The summed E-state index contributed by atoms with van der Waals surface area (Å²) >= 11 is 1.27. The topological polar surface area (TPSA) is 102 Å². The van der Waals surface area contributed by atoms with Crippen molar-refractivity contribution in [2.24, 2.45) is 0 Å². The second-order valence-electron chi connectivity index (χ2n) is 7.74. The summed E-state index contributed by atoms with van der Waals surface area (Å²) in [7, 11) is 1.80. The van der Waals surface area contributed by atoms with Gasteiger partial charge in [-0.3, -0.25) is 9.59 Å². The fourth-order valence-electron chi connectivity index (χ4n) is 3.99. The van der Waals surface area contributed by atoms with Crippen molar-refractivity contribution < 1.29 is 14.0 Å². The van der Waals surface area contributed by atoms with Crippen molar-refractivity contribution in [3.63, 3.8) is 0 Å². The van der Waals surface area contributed by atoms with Gasteiger partial charge in [-0.25, -0.2) is 9.37 Å². The van der Waals surface area contributed by atoms with Crippen molar-refractivity contribution in [1.29, 1.82) is 5.26 Å². The highest BCUT2D eigenvalue weighted by Crippen LogP contribution is 2.42. The fourth-order valence-corrected chi connectivity index (χ4v) is 5.17. The number of anilines is 2. The Morgan fingerprint density at radius 2 is 2.00 bits per heavy atom. The molecule has 1 aliphatic rings. The Bertz CT molecular complexity index is 1470. The van der Waals surface area contributed by atoms with Crippen molar-refractivity contribution in [1.82, 2.24) is 9.97 Å². The van der Waals surface area contributed by atoms with Crippen molar-refractivity contribution >= 4 is 34.4 Å². The molecule has 0 spiro atoms. The van der Waals surface area contributed by atoms with Crippen LogP contribution in [0, 0.1) is 17.1 Å². The van der Waals surface area contributed by atoms with E-state index in [0.717, 1.165) is 16.1 Å². The molecule has 0 atom stereocenters. The largest absolute Gasteiger partial charge is 0.388 e. The van der Waals surface area contributed by atoms with Crippen LogP contribution in [0.5, 0.6) is 0 Å². The van der Waals surface area contributed by atoms with Crippen molar-refractivity contribution in [2.75, 3.05) is 23.8 Å². The number of thiophene rings is 1. The molecule has 34 heavy (non-hydrogen) atoms. The van der Waals surface area contributed by atoms with Crippen LogP contribution in [-0.4, -0.2) is 35.3 Å². The van der Waals surface area contributed by atoms with E-state index in [1.165, 1.54) is 29.7 Å². The molecule has 1 aliphatic heterocycles. The molecule has 0 saturated heterocycles. The molecule has 168 valence electrons. The standard InChI is InChI=1S/C25H18FN5O2S/c1-28-17-5-2-14(3-6-17)25(33)31-9-8-15-10-21(22(32)24-29-13-18(12-27)30-24)34-23(15)19-7-4-16(26)11-20(19)31/h2-7,10-11,13,28H,8-9H2,1H3,(H,29,30). The van der Waals surface area contributed by atoms with Gasteiger partial charge in [-0.05, 0) is 60.5 Å². The van der Waals surface area contributed by atoms with Crippen LogP contribution in [0.4, 0.5) is 15.8 Å². The molecule has 2 aromatic carbocycles. The molecule has 2 aromatic heterocycles. The second-order valence-corrected chi connectivity index (χ2v) is 8.79. The highest BCUT2D eigenvalue weighted by molar-refractivity contribution is 7.17. The van der Waals surface area contributed by atoms with Crippen LogP contribution in [0.1, 0.15) is 37.1 Å². The van der Waals surface area contributed by atoms with Crippen LogP contribution in [0.2, 0.25) is 0 Å². The molecule has 9 heteroatoms. The number of aromatic nitrogens is 2. The van der Waals surface area contributed by atoms with Crippen LogP contribution in [0.15, 0.2) is 54.7 Å². The quantitative estimate of drug-likeness (QED) is 0.423. The molecule has 0 saturated carbocycles. The van der Waals surface area contributed by atoms with E-state index in [2.05, 4.69) is 15.3 Å². The number of nitrogens with one attached hydrogen (secondary N) is 2. The number of benzene rings is 2. The molecule has 7 nitrogen and oxygen atoms in total. The number of carbonyl (C=O) groups excluding carboxylic acids is 2. The molecule has 0 fully saturated rings. The number of halogens is 1. The molecule has 4 aromatic rings. The van der Waals surface area contributed by atoms with E-state index >= 15 is 0 Å². The SMILES string of the molecule is CNc1ccc(C(=O)N2CCc3cc(C(=O)c4nc(C#N)c[nH]4)sc3-c3ccc(F)cc32)cc1. The van der Waals surface area contributed by atoms with E-state index in [-0.39, 0.29) is 23.2 Å². The summed E-state index contributed by atoms with van der Waals surface area (Å²) in [6.45, 7) is 0.333. The predicted octanol–water partition coefficient (Wildman–Crippen LogP) is 4.62. The lowest BCUT2D eigenvalue weighted by Gasteiger charge is -2.23. The summed E-state index contributed by atoms with van der Waals surface area (Å²) in [5.41, 5.74) is 3.58. The van der Waals surface area contributed by atoms with E-state index in [1.54, 1.807) is 36.2 Å². The molecule has 0 aliphatic carbocycles. The maximum Gasteiger partial charge on any atom is 0.258 e. The number of rotatable bonds is 4. The Kier molecular flexibility index (Phi) is 5.43. The number of fused-ring (bicyclic) bond motifs is 3. The minimum absolute atomic E-state index is 0.0918. The number of hydrogen-bond acceptors (Lipinski definition) is 6. The molecule has 2 N–H and O–H groups in total. The zero-order valence-corrected chi connectivity index (χ0v) is 18.9. The van der Waals surface area contributed by atoms with Crippen molar-refractivity contribution in [2.45, 2.75) is 6.42 Å². The first-order valence-electron chi connectivity index (χ1n) is 10.5. The molecule has 0 bridgehead atoms. The minimum Gasteiger partial charge on any atom is -0.388 e. The zero-order chi connectivity index (χ0) is 23.8. The van der Waals surface area contributed by atoms with E-state index in [0.29, 0.717) is 34.7 Å². The Labute approximate surface area is 198 Å². The van der Waals surface area contributed by atoms with Crippen LogP contribution in [0.3, 0.4) is 0 Å². The molecule has 0 radical (unpaired) electrons. The molecule has 3 heterocycles. The van der Waals surface area contributed by atoms with Crippen LogP contribution in [0.25, 0.3) is 10.4 Å². The smallest absolute Gasteiger partial charge is 0.258 e. The van der Waals surface area contributed by atoms with Crippen LogP contribution < -0.4 is 10.2 Å². The molecular formula is C25H18FN5O2S. The zero-order valence-electron chi connectivity index (χ0n) is 18.1. The molecule has 0 unspecified atom stereocenters. The van der Waals surface area contributed by atoms with Gasteiger partial charge in [0.1, 0.15) is 11.9 Å². The maximum atomic E-state index is 14.3. The first-order chi connectivity index (χ1) is 16.5. The number of amides is 1. The third kappa shape index (κ3) is 3.74. The summed E-state index contributed by atoms with van der Waals surface area (Å²) in [6.07, 6.45) is 1.88. The normalized spacial score (nSPS) is 12.3. The Morgan fingerprint density at radius 3 is 2.71 bits per heavy atom. The van der Waals surface area contributed by atoms with Gasteiger partial charge in [0.15, 0.2) is 11.5 Å². The van der Waals surface area contributed by atoms with Gasteiger partial charge in [-0.2, -0.15) is 5.26 Å². The summed E-state index contributed by atoms with van der Waals surface area (Å²) < 4.78 is 14.3. The lowest BCUT2D eigenvalue weighted by molar-refractivity contribution is 0.0986. The van der Waals surface area contributed by atoms with Crippen LogP contribution in [-0.2, 0) is 6.42 Å². The Morgan fingerprint density at radius 1 is 1.21 bits per heavy atom. The average molecular weight is 472 g/mol. The van der Waals surface area contributed by atoms with Gasteiger partial charge in [0, 0.05) is 41.5 Å². The van der Waals surface area contributed by atoms with Gasteiger partial charge in [-0.1, -0.05) is 0 Å². The van der Waals surface area contributed by atoms with E-state index in [9.17, 15) is 14.0 Å². The Balaban J connectivity index is 1.54. The van der Waals surface area contributed by atoms with E-state index < -0.39 is 5.82 Å². The highest BCUT2D eigenvalue weighted by atomic mass is 32.1. The van der Waals surface area contributed by atoms with Gasteiger partial charge in [-0.15, -0.1) is 11.3 Å². The first-order valence-corrected chi connectivity index (χ1v) is 11.3. The number of H-pyrrole nitrogens is 1. The third-order valence-corrected chi connectivity index (χ3v) is 6.92. The summed E-state index contributed by atoms with van der Waals surface area (Å²) in [6, 6.07) is 15.2. The number of hydrogen-bond donors (Lipinski definition) is 2. The van der Waals surface area contributed by atoms with Gasteiger partial charge < -0.3 is 15.2 Å². The summed E-state index contributed by atoms with van der Waals surface area (Å²) in [5.74, 6) is -0.895. The second kappa shape index (κ2) is 8.57. The number of imidazole rings is 1. The van der Waals surface area contributed by atoms with E-state index in [4.69, 9.17) is 5.26 Å². The van der Waals surface area contributed by atoms with Crippen molar-refractivity contribution in [3.8, 4) is 16.5 Å². The monoisotopic (exact) mass is 471 g/mol. The Hall–Kier alpha value is -4.29. The van der Waals surface area contributed by atoms with E-state index in [1.807, 2.05) is 18.2 Å². The number of nitriles is 1. The fraction of sp³-hybridized carbons (Fsp3) is 0.120. The van der Waals surface area contributed by atoms with Gasteiger partial charge in [0.2, 0.25) is 5.78 Å². The van der Waals surface area contributed by atoms with Gasteiger partial charge in [0.25, 0.3) is 5.91 Å². The van der Waals surface area contributed by atoms with Gasteiger partial charge in [0.05, 0.1) is 10.6 Å². The predicted molar refractivity (Wildman–Crippen MR) is 128 cm³/mol. The lowest BCUT2D eigenvalue weighted by atomic mass is 10.1. The van der Waals surface area contributed by atoms with Crippen molar-refractivity contribution in [3.05, 3.63) is 88.1 Å². The minimum atomic E-state index is -0.446.